The highest BCUT2D eigenvalue weighted by Gasteiger charge is 2.12. The number of rotatable bonds is 8. The lowest BCUT2D eigenvalue weighted by Gasteiger charge is -2.11. The van der Waals surface area contributed by atoms with Gasteiger partial charge in [-0.15, -0.1) is 0 Å². The number of amides is 1. The highest BCUT2D eigenvalue weighted by molar-refractivity contribution is 5.95. The molecule has 33 heavy (non-hydrogen) atoms. The van der Waals surface area contributed by atoms with E-state index in [1.807, 2.05) is 60.0 Å². The summed E-state index contributed by atoms with van der Waals surface area (Å²) in [6, 6.07) is 16.0. The van der Waals surface area contributed by atoms with E-state index in [1.165, 1.54) is 16.7 Å². The fourth-order valence-corrected chi connectivity index (χ4v) is 3.76. The normalized spacial score (nSPS) is 11.2. The minimum atomic E-state index is -0.0701. The maximum Gasteiger partial charge on any atom is 0.251 e. The van der Waals surface area contributed by atoms with Gasteiger partial charge in [0.05, 0.1) is 6.20 Å². The van der Waals surface area contributed by atoms with Crippen LogP contribution < -0.4 is 10.6 Å². The fourth-order valence-electron chi connectivity index (χ4n) is 3.76. The van der Waals surface area contributed by atoms with Gasteiger partial charge in [0.15, 0.2) is 5.65 Å². The summed E-state index contributed by atoms with van der Waals surface area (Å²) in [5.41, 5.74) is 7.06. The number of nitrogens with zero attached hydrogens (tertiary/aromatic N) is 4. The first-order chi connectivity index (χ1) is 15.9. The summed E-state index contributed by atoms with van der Waals surface area (Å²) in [7, 11) is 3.96. The second-order valence-electron chi connectivity index (χ2n) is 8.54. The predicted octanol–water partition coefficient (Wildman–Crippen LogP) is 3.92. The Labute approximate surface area is 194 Å². The van der Waals surface area contributed by atoms with Gasteiger partial charge in [0.25, 0.3) is 5.91 Å². The van der Waals surface area contributed by atoms with Gasteiger partial charge in [-0.05, 0) is 62.8 Å². The highest BCUT2D eigenvalue weighted by Crippen LogP contribution is 2.25. The lowest BCUT2D eigenvalue weighted by Crippen LogP contribution is -2.31. The predicted molar refractivity (Wildman–Crippen MR) is 133 cm³/mol. The van der Waals surface area contributed by atoms with Crippen molar-refractivity contribution in [3.05, 3.63) is 83.2 Å². The van der Waals surface area contributed by atoms with Gasteiger partial charge < -0.3 is 15.5 Å². The molecule has 0 fully saturated rings. The van der Waals surface area contributed by atoms with Crippen LogP contribution in [0, 0.1) is 13.8 Å². The zero-order valence-corrected chi connectivity index (χ0v) is 19.6. The number of anilines is 1. The van der Waals surface area contributed by atoms with Crippen molar-refractivity contribution in [1.82, 2.24) is 24.8 Å². The third-order valence-corrected chi connectivity index (χ3v) is 5.66. The van der Waals surface area contributed by atoms with Crippen molar-refractivity contribution in [3.63, 3.8) is 0 Å². The summed E-state index contributed by atoms with van der Waals surface area (Å²) in [5.74, 6) is 0.808. The lowest BCUT2D eigenvalue weighted by atomic mass is 10.1. The van der Waals surface area contributed by atoms with Crippen molar-refractivity contribution in [3.8, 4) is 11.1 Å². The van der Waals surface area contributed by atoms with Crippen LogP contribution in [0.3, 0.4) is 0 Å². The highest BCUT2D eigenvalue weighted by atomic mass is 16.1. The largest absolute Gasteiger partial charge is 0.366 e. The summed E-state index contributed by atoms with van der Waals surface area (Å²) >= 11 is 0. The Morgan fingerprint density at radius 2 is 1.85 bits per heavy atom. The van der Waals surface area contributed by atoms with E-state index in [0.717, 1.165) is 29.1 Å². The second-order valence-corrected chi connectivity index (χ2v) is 8.54. The number of carbonyl (C=O) groups is 1. The molecule has 7 nitrogen and oxygen atoms in total. The molecule has 2 aromatic carbocycles. The van der Waals surface area contributed by atoms with Crippen LogP contribution in [-0.4, -0.2) is 52.6 Å². The van der Waals surface area contributed by atoms with Gasteiger partial charge >= 0.3 is 0 Å². The number of nitrogens with one attached hydrogen (secondary N) is 2. The van der Waals surface area contributed by atoms with Gasteiger partial charge in [-0.1, -0.05) is 35.9 Å². The zero-order valence-electron chi connectivity index (χ0n) is 19.6. The number of aryl methyl sites for hydroxylation is 2. The molecule has 0 spiro atoms. The Kier molecular flexibility index (Phi) is 6.70. The van der Waals surface area contributed by atoms with E-state index >= 15 is 0 Å². The van der Waals surface area contributed by atoms with Gasteiger partial charge in [0, 0.05) is 37.0 Å². The average molecular weight is 443 g/mol. The summed E-state index contributed by atoms with van der Waals surface area (Å²) in [6.07, 6.45) is 3.61. The molecule has 0 bridgehead atoms. The van der Waals surface area contributed by atoms with Crippen molar-refractivity contribution >= 4 is 17.4 Å². The number of carbonyl (C=O) groups excluding carboxylic acids is 1. The van der Waals surface area contributed by atoms with Crippen molar-refractivity contribution in [2.24, 2.45) is 0 Å². The van der Waals surface area contributed by atoms with Crippen LogP contribution in [0.4, 0.5) is 5.82 Å². The van der Waals surface area contributed by atoms with Crippen LogP contribution in [0.5, 0.6) is 0 Å². The SMILES string of the molecule is Cc1ccc(CNc2ccnc3c(-c4ccc(C(=O)NCCN(C)C)cc4)cnn23)c(C)c1. The van der Waals surface area contributed by atoms with Crippen LogP contribution in [0.15, 0.2) is 60.9 Å². The first kappa shape index (κ1) is 22.5. The van der Waals surface area contributed by atoms with Crippen molar-refractivity contribution in [2.45, 2.75) is 20.4 Å². The van der Waals surface area contributed by atoms with Crippen LogP contribution in [-0.2, 0) is 6.54 Å². The van der Waals surface area contributed by atoms with E-state index in [9.17, 15) is 4.79 Å². The molecule has 0 aliphatic rings. The van der Waals surface area contributed by atoms with Gasteiger partial charge in [-0.2, -0.15) is 9.61 Å². The van der Waals surface area contributed by atoms with Crippen molar-refractivity contribution in [2.75, 3.05) is 32.5 Å². The van der Waals surface area contributed by atoms with Gasteiger partial charge in [0.1, 0.15) is 5.82 Å². The molecule has 1 amide bonds. The number of hydrogen-bond donors (Lipinski definition) is 2. The van der Waals surface area contributed by atoms with E-state index in [0.29, 0.717) is 18.7 Å². The first-order valence-electron chi connectivity index (χ1n) is 11.1. The molecular weight excluding hydrogens is 412 g/mol. The number of benzene rings is 2. The maximum atomic E-state index is 12.3. The Bertz CT molecular complexity index is 1260. The molecular formula is C26H30N6O. The average Bonchev–Trinajstić information content (AvgIpc) is 3.23. The molecule has 4 rings (SSSR count). The number of aromatic nitrogens is 3. The van der Waals surface area contributed by atoms with E-state index in [-0.39, 0.29) is 5.91 Å². The monoisotopic (exact) mass is 442 g/mol. The summed E-state index contributed by atoms with van der Waals surface area (Å²) in [4.78, 5) is 18.9. The summed E-state index contributed by atoms with van der Waals surface area (Å²) < 4.78 is 1.82. The smallest absolute Gasteiger partial charge is 0.251 e. The molecule has 0 aliphatic carbocycles. The van der Waals surface area contributed by atoms with E-state index in [2.05, 4.69) is 52.8 Å². The molecule has 0 atom stereocenters. The van der Waals surface area contributed by atoms with E-state index in [1.54, 1.807) is 6.20 Å². The Morgan fingerprint density at radius 3 is 2.58 bits per heavy atom. The maximum absolute atomic E-state index is 12.3. The van der Waals surface area contributed by atoms with Crippen LogP contribution in [0.25, 0.3) is 16.8 Å². The summed E-state index contributed by atoms with van der Waals surface area (Å²) in [5, 5.41) is 11.0. The summed E-state index contributed by atoms with van der Waals surface area (Å²) in [6.45, 7) is 6.36. The third-order valence-electron chi connectivity index (χ3n) is 5.66. The van der Waals surface area contributed by atoms with Gasteiger partial charge in [-0.25, -0.2) is 4.98 Å². The Balaban J connectivity index is 1.51. The van der Waals surface area contributed by atoms with Crippen LogP contribution >= 0.6 is 0 Å². The van der Waals surface area contributed by atoms with E-state index in [4.69, 9.17) is 0 Å². The molecule has 4 aromatic rings. The number of hydrogen-bond acceptors (Lipinski definition) is 5. The van der Waals surface area contributed by atoms with Crippen molar-refractivity contribution in [1.29, 1.82) is 0 Å². The third kappa shape index (κ3) is 5.21. The second kappa shape index (κ2) is 9.83. The molecule has 2 N–H and O–H groups in total. The van der Waals surface area contributed by atoms with Crippen LogP contribution in [0.1, 0.15) is 27.0 Å². The van der Waals surface area contributed by atoms with Crippen molar-refractivity contribution < 1.29 is 4.79 Å². The molecule has 7 heteroatoms. The molecule has 0 radical (unpaired) electrons. The molecule has 0 saturated carbocycles. The molecule has 0 aliphatic heterocycles. The molecule has 2 aromatic heterocycles. The quantitative estimate of drug-likeness (QED) is 0.433. The Hall–Kier alpha value is -3.71. The number of fused-ring (bicyclic) bond motifs is 1. The zero-order chi connectivity index (χ0) is 23.4. The topological polar surface area (TPSA) is 74.6 Å². The molecule has 0 saturated heterocycles. The molecule has 170 valence electrons. The Morgan fingerprint density at radius 1 is 1.06 bits per heavy atom. The number of likely N-dealkylation sites (N-methyl/N-ethyl adjacent to an activating group) is 1. The lowest BCUT2D eigenvalue weighted by molar-refractivity contribution is 0.0951. The molecule has 2 heterocycles. The van der Waals surface area contributed by atoms with Crippen LogP contribution in [0.2, 0.25) is 0 Å². The minimum absolute atomic E-state index is 0.0701. The van der Waals surface area contributed by atoms with E-state index < -0.39 is 0 Å². The first-order valence-corrected chi connectivity index (χ1v) is 11.1. The molecule has 0 unspecified atom stereocenters. The van der Waals surface area contributed by atoms with Gasteiger partial charge in [-0.3, -0.25) is 4.79 Å². The minimum Gasteiger partial charge on any atom is -0.366 e. The fraction of sp³-hybridized carbons (Fsp3) is 0.269. The standard InChI is InChI=1S/C26H30N6O/c1-18-5-6-22(19(2)15-18)16-29-24-11-12-27-25-23(17-30-32(24)25)20-7-9-21(10-8-20)26(33)28-13-14-31(3)4/h5-12,15,17,29H,13-14,16H2,1-4H3,(H,28,33). The van der Waals surface area contributed by atoms with Gasteiger partial charge in [0.2, 0.25) is 0 Å².